The maximum atomic E-state index is 12.4. The number of methoxy groups -OCH3 is 1. The van der Waals surface area contributed by atoms with Gasteiger partial charge < -0.3 is 15.8 Å². The van der Waals surface area contributed by atoms with Gasteiger partial charge in [-0.15, -0.1) is 0 Å². The SMILES string of the molecule is COc1ccc(NS(=O)(=O)c2ccc(C(=O)NCC(C)(C)N)cc2)cc1. The first-order valence-electron chi connectivity index (χ1n) is 7.95. The Labute approximate surface area is 153 Å². The molecule has 0 aromatic heterocycles. The number of anilines is 1. The first kappa shape index (κ1) is 19.7. The van der Waals surface area contributed by atoms with Crippen molar-refractivity contribution in [3.63, 3.8) is 0 Å². The van der Waals surface area contributed by atoms with E-state index in [2.05, 4.69) is 10.0 Å². The molecule has 0 atom stereocenters. The minimum atomic E-state index is -3.75. The van der Waals surface area contributed by atoms with E-state index in [0.717, 1.165) is 0 Å². The molecule has 0 saturated heterocycles. The number of nitrogens with two attached hydrogens (primary N) is 1. The molecule has 2 aromatic carbocycles. The highest BCUT2D eigenvalue weighted by molar-refractivity contribution is 7.92. The molecule has 26 heavy (non-hydrogen) atoms. The van der Waals surface area contributed by atoms with Gasteiger partial charge in [0.25, 0.3) is 15.9 Å². The summed E-state index contributed by atoms with van der Waals surface area (Å²) in [5, 5.41) is 2.71. The van der Waals surface area contributed by atoms with Crippen LogP contribution in [0.15, 0.2) is 53.4 Å². The summed E-state index contributed by atoms with van der Waals surface area (Å²) < 4.78 is 32.4. The molecule has 0 fully saturated rings. The molecule has 0 aliphatic carbocycles. The average Bonchev–Trinajstić information content (AvgIpc) is 2.59. The van der Waals surface area contributed by atoms with Gasteiger partial charge in [0.05, 0.1) is 12.0 Å². The van der Waals surface area contributed by atoms with E-state index in [1.54, 1.807) is 38.1 Å². The molecule has 2 aromatic rings. The van der Waals surface area contributed by atoms with Crippen molar-refractivity contribution in [1.82, 2.24) is 5.32 Å². The van der Waals surface area contributed by atoms with Crippen LogP contribution in [0.4, 0.5) is 5.69 Å². The number of carbonyl (C=O) groups is 1. The molecule has 7 nitrogen and oxygen atoms in total. The minimum Gasteiger partial charge on any atom is -0.497 e. The van der Waals surface area contributed by atoms with Crippen molar-refractivity contribution in [2.24, 2.45) is 5.73 Å². The Bertz CT molecular complexity index is 855. The van der Waals surface area contributed by atoms with Crippen molar-refractivity contribution in [2.45, 2.75) is 24.3 Å². The van der Waals surface area contributed by atoms with Crippen LogP contribution in [0.1, 0.15) is 24.2 Å². The summed E-state index contributed by atoms with van der Waals surface area (Å²) in [6.45, 7) is 3.91. The topological polar surface area (TPSA) is 111 Å². The van der Waals surface area contributed by atoms with Crippen molar-refractivity contribution in [3.05, 3.63) is 54.1 Å². The van der Waals surface area contributed by atoms with Crippen LogP contribution in [0.2, 0.25) is 0 Å². The van der Waals surface area contributed by atoms with E-state index < -0.39 is 15.6 Å². The van der Waals surface area contributed by atoms with Crippen LogP contribution >= 0.6 is 0 Å². The van der Waals surface area contributed by atoms with E-state index in [1.807, 2.05) is 0 Å². The molecule has 0 radical (unpaired) electrons. The maximum Gasteiger partial charge on any atom is 0.261 e. The van der Waals surface area contributed by atoms with Gasteiger partial charge in [-0.1, -0.05) is 0 Å². The van der Waals surface area contributed by atoms with Crippen molar-refractivity contribution >= 4 is 21.6 Å². The number of hydrogen-bond donors (Lipinski definition) is 3. The van der Waals surface area contributed by atoms with Gasteiger partial charge >= 0.3 is 0 Å². The fraction of sp³-hybridized carbons (Fsp3) is 0.278. The van der Waals surface area contributed by atoms with E-state index in [1.165, 1.54) is 31.4 Å². The molecule has 0 spiro atoms. The molecular weight excluding hydrogens is 354 g/mol. The van der Waals surface area contributed by atoms with E-state index >= 15 is 0 Å². The molecule has 4 N–H and O–H groups in total. The second-order valence-electron chi connectivity index (χ2n) is 6.53. The summed E-state index contributed by atoms with van der Waals surface area (Å²) in [5.74, 6) is 0.319. The lowest BCUT2D eigenvalue weighted by atomic mass is 10.1. The molecule has 0 aliphatic heterocycles. The zero-order valence-electron chi connectivity index (χ0n) is 14.9. The zero-order chi connectivity index (χ0) is 19.4. The van der Waals surface area contributed by atoms with Crippen molar-refractivity contribution < 1.29 is 17.9 Å². The third-order valence-electron chi connectivity index (χ3n) is 3.47. The smallest absolute Gasteiger partial charge is 0.261 e. The van der Waals surface area contributed by atoms with Gasteiger partial charge in [0, 0.05) is 23.3 Å². The van der Waals surface area contributed by atoms with Gasteiger partial charge in [-0.2, -0.15) is 0 Å². The number of rotatable bonds is 7. The fourth-order valence-electron chi connectivity index (χ4n) is 2.07. The molecule has 0 aliphatic rings. The van der Waals surface area contributed by atoms with E-state index in [-0.39, 0.29) is 10.8 Å². The van der Waals surface area contributed by atoms with Crippen LogP contribution in [0.5, 0.6) is 5.75 Å². The van der Waals surface area contributed by atoms with Gasteiger partial charge in [-0.25, -0.2) is 8.42 Å². The number of amides is 1. The monoisotopic (exact) mass is 377 g/mol. The number of hydrogen-bond acceptors (Lipinski definition) is 5. The Balaban J connectivity index is 2.09. The maximum absolute atomic E-state index is 12.4. The highest BCUT2D eigenvalue weighted by Crippen LogP contribution is 2.19. The molecule has 0 unspecified atom stereocenters. The predicted octanol–water partition coefficient (Wildman–Crippen LogP) is 1.96. The van der Waals surface area contributed by atoms with Crippen LogP contribution < -0.4 is 20.5 Å². The number of benzene rings is 2. The summed E-state index contributed by atoms with van der Waals surface area (Å²) in [6, 6.07) is 12.2. The highest BCUT2D eigenvalue weighted by Gasteiger charge is 2.17. The number of ether oxygens (including phenoxy) is 1. The second-order valence-corrected chi connectivity index (χ2v) is 8.21. The molecule has 2 rings (SSSR count). The fourth-order valence-corrected chi connectivity index (χ4v) is 3.13. The van der Waals surface area contributed by atoms with Gasteiger partial charge in [-0.3, -0.25) is 9.52 Å². The standard InChI is InChI=1S/C18H23N3O4S/c1-18(2,19)12-20-17(22)13-4-10-16(11-5-13)26(23,24)21-14-6-8-15(25-3)9-7-14/h4-11,21H,12,19H2,1-3H3,(H,20,22). The molecule has 1 amide bonds. The highest BCUT2D eigenvalue weighted by atomic mass is 32.2. The summed E-state index contributed by atoms with van der Waals surface area (Å²) in [6.07, 6.45) is 0. The minimum absolute atomic E-state index is 0.0593. The largest absolute Gasteiger partial charge is 0.497 e. The zero-order valence-corrected chi connectivity index (χ0v) is 15.8. The number of sulfonamides is 1. The molecule has 140 valence electrons. The van der Waals surface area contributed by atoms with Gasteiger partial charge in [0.1, 0.15) is 5.75 Å². The van der Waals surface area contributed by atoms with Crippen molar-refractivity contribution in [3.8, 4) is 5.75 Å². The van der Waals surface area contributed by atoms with E-state index in [0.29, 0.717) is 23.5 Å². The van der Waals surface area contributed by atoms with Crippen LogP contribution in [-0.4, -0.2) is 33.5 Å². The quantitative estimate of drug-likeness (QED) is 0.683. The number of carbonyl (C=O) groups excluding carboxylic acids is 1. The third kappa shape index (κ3) is 5.47. The Morgan fingerprint density at radius 1 is 1.08 bits per heavy atom. The Hall–Kier alpha value is -2.58. The molecule has 8 heteroatoms. The lowest BCUT2D eigenvalue weighted by molar-refractivity contribution is 0.0946. The van der Waals surface area contributed by atoms with E-state index in [4.69, 9.17) is 10.5 Å². The Morgan fingerprint density at radius 2 is 1.65 bits per heavy atom. The normalized spacial score (nSPS) is 11.7. The summed E-state index contributed by atoms with van der Waals surface area (Å²) in [4.78, 5) is 12.1. The second kappa shape index (κ2) is 7.76. The Morgan fingerprint density at radius 3 is 2.15 bits per heavy atom. The summed E-state index contributed by atoms with van der Waals surface area (Å²) in [5.41, 5.74) is 6.07. The molecule has 0 heterocycles. The summed E-state index contributed by atoms with van der Waals surface area (Å²) in [7, 11) is -2.22. The van der Waals surface area contributed by atoms with Crippen LogP contribution in [0.3, 0.4) is 0 Å². The first-order chi connectivity index (χ1) is 12.1. The number of nitrogens with one attached hydrogen (secondary N) is 2. The van der Waals surface area contributed by atoms with Gasteiger partial charge in [0.15, 0.2) is 0 Å². The third-order valence-corrected chi connectivity index (χ3v) is 4.87. The predicted molar refractivity (Wildman–Crippen MR) is 101 cm³/mol. The first-order valence-corrected chi connectivity index (χ1v) is 9.43. The van der Waals surface area contributed by atoms with Crippen LogP contribution in [-0.2, 0) is 10.0 Å². The molecule has 0 bridgehead atoms. The molecule has 0 saturated carbocycles. The van der Waals surface area contributed by atoms with Crippen molar-refractivity contribution in [1.29, 1.82) is 0 Å². The van der Waals surface area contributed by atoms with Gasteiger partial charge in [-0.05, 0) is 62.4 Å². The van der Waals surface area contributed by atoms with Gasteiger partial charge in [0.2, 0.25) is 0 Å². The average molecular weight is 377 g/mol. The summed E-state index contributed by atoms with van der Waals surface area (Å²) >= 11 is 0. The lowest BCUT2D eigenvalue weighted by Crippen LogP contribution is -2.45. The van der Waals surface area contributed by atoms with Crippen LogP contribution in [0, 0.1) is 0 Å². The van der Waals surface area contributed by atoms with E-state index in [9.17, 15) is 13.2 Å². The lowest BCUT2D eigenvalue weighted by Gasteiger charge is -2.18. The van der Waals surface area contributed by atoms with Crippen molar-refractivity contribution in [2.75, 3.05) is 18.4 Å². The molecular formula is C18H23N3O4S. The van der Waals surface area contributed by atoms with Crippen LogP contribution in [0.25, 0.3) is 0 Å². The Kier molecular flexibility index (Phi) is 5.89.